The molecule has 1 aliphatic heterocycles. The molecule has 0 N–H and O–H groups in total. The van der Waals surface area contributed by atoms with Crippen molar-refractivity contribution in [3.8, 4) is 16.9 Å². The number of amides is 1. The first-order valence-electron chi connectivity index (χ1n) is 10.1. The zero-order chi connectivity index (χ0) is 22.1. The van der Waals surface area contributed by atoms with Gasteiger partial charge in [0.1, 0.15) is 10.1 Å². The van der Waals surface area contributed by atoms with Crippen LogP contribution in [-0.2, 0) is 11.3 Å². The Bertz CT molecular complexity index is 1310. The third kappa shape index (κ3) is 4.04. The van der Waals surface area contributed by atoms with E-state index in [1.807, 2.05) is 65.5 Å². The number of carbonyl (C=O) groups excluding carboxylic acids is 1. The van der Waals surface area contributed by atoms with Crippen LogP contribution in [0.2, 0.25) is 0 Å². The zero-order valence-corrected chi connectivity index (χ0v) is 18.9. The van der Waals surface area contributed by atoms with Gasteiger partial charge in [0.15, 0.2) is 0 Å². The van der Waals surface area contributed by atoms with E-state index in [1.54, 1.807) is 17.2 Å². The van der Waals surface area contributed by atoms with Crippen molar-refractivity contribution in [1.29, 1.82) is 0 Å². The van der Waals surface area contributed by atoms with Crippen molar-refractivity contribution in [1.82, 2.24) is 14.7 Å². The summed E-state index contributed by atoms with van der Waals surface area (Å²) in [6, 6.07) is 21.8. The van der Waals surface area contributed by atoms with Crippen molar-refractivity contribution in [2.24, 2.45) is 0 Å². The van der Waals surface area contributed by atoms with Crippen LogP contribution in [0.1, 0.15) is 16.9 Å². The monoisotopic (exact) mass is 457 g/mol. The van der Waals surface area contributed by atoms with Crippen LogP contribution in [0.25, 0.3) is 23.0 Å². The molecule has 1 saturated heterocycles. The third-order valence-corrected chi connectivity index (χ3v) is 6.52. The molecular formula is C25H19N3O2S2. The van der Waals surface area contributed by atoms with Gasteiger partial charge in [-0.15, -0.1) is 0 Å². The first-order chi connectivity index (χ1) is 15.6. The second-order valence-corrected chi connectivity index (χ2v) is 9.10. The van der Waals surface area contributed by atoms with Crippen LogP contribution in [-0.4, -0.2) is 24.9 Å². The van der Waals surface area contributed by atoms with Gasteiger partial charge in [-0.05, 0) is 37.3 Å². The van der Waals surface area contributed by atoms with Crippen molar-refractivity contribution >= 4 is 40.3 Å². The lowest BCUT2D eigenvalue weighted by Gasteiger charge is -2.11. The van der Waals surface area contributed by atoms with Crippen LogP contribution in [0.3, 0.4) is 0 Å². The number of thioether (sulfide) groups is 1. The molecule has 7 heteroatoms. The number of thiocarbonyl (C=S) groups is 1. The molecule has 1 fully saturated rings. The maximum Gasteiger partial charge on any atom is 0.266 e. The molecule has 32 heavy (non-hydrogen) atoms. The van der Waals surface area contributed by atoms with Crippen LogP contribution in [0.5, 0.6) is 0 Å². The second-order valence-electron chi connectivity index (χ2n) is 7.43. The minimum atomic E-state index is -0.126. The number of carbonyl (C=O) groups is 1. The summed E-state index contributed by atoms with van der Waals surface area (Å²) in [5.74, 6) is 0.568. The number of aromatic nitrogens is 2. The molecule has 1 amide bonds. The standard InChI is InChI=1S/C25H19N3O2S2/c1-17-9-11-18(12-10-17)23-19(15-28(26-23)20-6-3-2-4-7-20)14-22-24(29)27(25(31)32-22)16-21-8-5-13-30-21/h2-15H,16H2,1H3/b22-14-. The minimum Gasteiger partial charge on any atom is -0.467 e. The van der Waals surface area contributed by atoms with E-state index in [1.165, 1.54) is 17.3 Å². The fourth-order valence-corrected chi connectivity index (χ4v) is 4.72. The summed E-state index contributed by atoms with van der Waals surface area (Å²) in [6.07, 6.45) is 5.42. The average Bonchev–Trinajstić information content (AvgIpc) is 3.53. The van der Waals surface area contributed by atoms with Gasteiger partial charge < -0.3 is 4.42 Å². The van der Waals surface area contributed by atoms with Gasteiger partial charge in [0.25, 0.3) is 5.91 Å². The van der Waals surface area contributed by atoms with Crippen molar-refractivity contribution in [2.45, 2.75) is 13.5 Å². The molecule has 2 aromatic heterocycles. The molecule has 4 aromatic rings. The highest BCUT2D eigenvalue weighted by atomic mass is 32.2. The summed E-state index contributed by atoms with van der Waals surface area (Å²) < 4.78 is 7.75. The average molecular weight is 458 g/mol. The highest BCUT2D eigenvalue weighted by Gasteiger charge is 2.33. The van der Waals surface area contributed by atoms with E-state index in [2.05, 4.69) is 19.1 Å². The molecule has 0 unspecified atom stereocenters. The van der Waals surface area contributed by atoms with Crippen molar-refractivity contribution in [3.63, 3.8) is 0 Å². The fraction of sp³-hybridized carbons (Fsp3) is 0.0800. The number of furan rings is 1. The number of hydrogen-bond acceptors (Lipinski definition) is 5. The van der Waals surface area contributed by atoms with Gasteiger partial charge in [-0.1, -0.05) is 72.0 Å². The molecule has 3 heterocycles. The highest BCUT2D eigenvalue weighted by molar-refractivity contribution is 8.26. The molecule has 0 aliphatic carbocycles. The highest BCUT2D eigenvalue weighted by Crippen LogP contribution is 2.35. The van der Waals surface area contributed by atoms with Crippen LogP contribution in [0, 0.1) is 6.92 Å². The SMILES string of the molecule is Cc1ccc(-c2nn(-c3ccccc3)cc2/C=C2\SC(=S)N(Cc3ccco3)C2=O)cc1. The number of para-hydroxylation sites is 1. The van der Waals surface area contributed by atoms with Gasteiger partial charge in [-0.3, -0.25) is 9.69 Å². The fourth-order valence-electron chi connectivity index (χ4n) is 3.48. The molecule has 1 aliphatic rings. The Morgan fingerprint density at radius 2 is 1.84 bits per heavy atom. The van der Waals surface area contributed by atoms with E-state index in [0.29, 0.717) is 21.5 Å². The van der Waals surface area contributed by atoms with Gasteiger partial charge >= 0.3 is 0 Å². The maximum absolute atomic E-state index is 13.1. The predicted molar refractivity (Wildman–Crippen MR) is 131 cm³/mol. The van der Waals surface area contributed by atoms with Crippen LogP contribution >= 0.6 is 24.0 Å². The Morgan fingerprint density at radius 3 is 2.56 bits per heavy atom. The molecule has 0 bridgehead atoms. The summed E-state index contributed by atoms with van der Waals surface area (Å²) in [5, 5.41) is 4.84. The van der Waals surface area contributed by atoms with Crippen molar-refractivity contribution in [3.05, 3.63) is 101 Å². The number of aryl methyl sites for hydroxylation is 1. The number of nitrogens with zero attached hydrogens (tertiary/aromatic N) is 3. The molecule has 2 aromatic carbocycles. The molecule has 0 atom stereocenters. The van der Waals surface area contributed by atoms with E-state index in [-0.39, 0.29) is 5.91 Å². The number of benzene rings is 2. The maximum atomic E-state index is 13.1. The Labute approximate surface area is 195 Å². The second kappa shape index (κ2) is 8.61. The van der Waals surface area contributed by atoms with E-state index < -0.39 is 0 Å². The van der Waals surface area contributed by atoms with Gasteiger partial charge in [0, 0.05) is 17.3 Å². The summed E-state index contributed by atoms with van der Waals surface area (Å²) in [4.78, 5) is 15.2. The van der Waals surface area contributed by atoms with Crippen LogP contribution in [0.15, 0.2) is 88.5 Å². The van der Waals surface area contributed by atoms with E-state index in [0.717, 1.165) is 22.5 Å². The minimum absolute atomic E-state index is 0.126. The largest absolute Gasteiger partial charge is 0.467 e. The Hall–Kier alpha value is -3.42. The molecule has 0 radical (unpaired) electrons. The Balaban J connectivity index is 1.54. The molecule has 5 nitrogen and oxygen atoms in total. The Morgan fingerprint density at radius 1 is 1.06 bits per heavy atom. The Kier molecular flexibility index (Phi) is 5.51. The normalized spacial score (nSPS) is 15.2. The first kappa shape index (κ1) is 20.5. The lowest BCUT2D eigenvalue weighted by atomic mass is 10.1. The summed E-state index contributed by atoms with van der Waals surface area (Å²) in [5.41, 5.74) is 4.78. The van der Waals surface area contributed by atoms with Crippen molar-refractivity contribution < 1.29 is 9.21 Å². The third-order valence-electron chi connectivity index (χ3n) is 5.14. The smallest absolute Gasteiger partial charge is 0.266 e. The van der Waals surface area contributed by atoms with Gasteiger partial charge in [-0.25, -0.2) is 4.68 Å². The predicted octanol–water partition coefficient (Wildman–Crippen LogP) is 5.84. The topological polar surface area (TPSA) is 51.3 Å². The number of rotatable bonds is 5. The molecule has 158 valence electrons. The van der Waals surface area contributed by atoms with Gasteiger partial charge in [0.2, 0.25) is 0 Å². The van der Waals surface area contributed by atoms with Crippen LogP contribution in [0.4, 0.5) is 0 Å². The summed E-state index contributed by atoms with van der Waals surface area (Å²) >= 11 is 6.77. The lowest BCUT2D eigenvalue weighted by Crippen LogP contribution is -2.27. The van der Waals surface area contributed by atoms with E-state index in [9.17, 15) is 4.79 Å². The van der Waals surface area contributed by atoms with Gasteiger partial charge in [-0.2, -0.15) is 5.10 Å². The van der Waals surface area contributed by atoms with E-state index in [4.69, 9.17) is 21.7 Å². The van der Waals surface area contributed by atoms with E-state index >= 15 is 0 Å². The summed E-state index contributed by atoms with van der Waals surface area (Å²) in [6.45, 7) is 2.38. The summed E-state index contributed by atoms with van der Waals surface area (Å²) in [7, 11) is 0. The van der Waals surface area contributed by atoms with Gasteiger partial charge in [0.05, 0.1) is 29.1 Å². The van der Waals surface area contributed by atoms with Crippen molar-refractivity contribution in [2.75, 3.05) is 0 Å². The zero-order valence-electron chi connectivity index (χ0n) is 17.3. The quantitative estimate of drug-likeness (QED) is 0.278. The molecule has 0 saturated carbocycles. The molecule has 0 spiro atoms. The molecule has 5 rings (SSSR count). The lowest BCUT2D eigenvalue weighted by molar-refractivity contribution is -0.122. The number of hydrogen-bond donors (Lipinski definition) is 0. The molecular weight excluding hydrogens is 438 g/mol. The first-order valence-corrected chi connectivity index (χ1v) is 11.3. The van der Waals surface area contributed by atoms with Crippen LogP contribution < -0.4 is 0 Å².